The summed E-state index contributed by atoms with van der Waals surface area (Å²) in [4.78, 5) is 18.9. The van der Waals surface area contributed by atoms with Crippen LogP contribution in [0.3, 0.4) is 0 Å². The van der Waals surface area contributed by atoms with Crippen molar-refractivity contribution in [2.24, 2.45) is 0 Å². The number of rotatable bonds is 8. The van der Waals surface area contributed by atoms with Gasteiger partial charge in [0.25, 0.3) is 5.91 Å². The number of carbonyl (C=O) groups is 1. The molecule has 2 fully saturated rings. The van der Waals surface area contributed by atoms with E-state index in [-0.39, 0.29) is 24.6 Å². The van der Waals surface area contributed by atoms with Gasteiger partial charge in [-0.1, -0.05) is 29.3 Å². The molecule has 0 spiro atoms. The minimum Gasteiger partial charge on any atom is -0.393 e. The van der Waals surface area contributed by atoms with Crippen LogP contribution >= 0.6 is 23.2 Å². The average molecular weight is 626 g/mol. The first-order valence-electron chi connectivity index (χ1n) is 13.3. The van der Waals surface area contributed by atoms with Gasteiger partial charge >= 0.3 is 12.4 Å². The van der Waals surface area contributed by atoms with Gasteiger partial charge in [-0.15, -0.1) is 0 Å². The van der Waals surface area contributed by atoms with Crippen molar-refractivity contribution in [2.75, 3.05) is 46.3 Å². The number of piperidine rings is 1. The third kappa shape index (κ3) is 8.07. The average Bonchev–Trinajstić information content (AvgIpc) is 2.87. The molecule has 2 heterocycles. The molecule has 1 N–H and O–H groups in total. The molecule has 4 rings (SSSR count). The Bertz CT molecular complexity index is 1200. The fourth-order valence-corrected chi connectivity index (χ4v) is 5.69. The lowest BCUT2D eigenvalue weighted by molar-refractivity contribution is -0.143. The van der Waals surface area contributed by atoms with Gasteiger partial charge in [0, 0.05) is 57.3 Å². The molecular formula is C28H31Cl2F6N3O2. The van der Waals surface area contributed by atoms with Gasteiger partial charge in [0.1, 0.15) is 0 Å². The van der Waals surface area contributed by atoms with Crippen molar-refractivity contribution >= 4 is 29.1 Å². The molecule has 13 heteroatoms. The fraction of sp³-hybridized carbons (Fsp3) is 0.536. The van der Waals surface area contributed by atoms with E-state index in [9.17, 15) is 36.2 Å². The number of alkyl halides is 6. The summed E-state index contributed by atoms with van der Waals surface area (Å²) in [6.07, 6.45) is -8.28. The molecule has 0 aromatic heterocycles. The van der Waals surface area contributed by atoms with Crippen LogP contribution in [-0.2, 0) is 12.4 Å². The van der Waals surface area contributed by atoms with Crippen LogP contribution in [0.1, 0.15) is 52.2 Å². The van der Waals surface area contributed by atoms with Gasteiger partial charge in [0.15, 0.2) is 0 Å². The molecule has 2 aromatic rings. The molecule has 2 aliphatic rings. The van der Waals surface area contributed by atoms with Gasteiger partial charge < -0.3 is 14.9 Å². The molecular weight excluding hydrogens is 595 g/mol. The van der Waals surface area contributed by atoms with Crippen LogP contribution in [0.2, 0.25) is 10.0 Å². The molecule has 0 aliphatic carbocycles. The molecule has 2 aromatic carbocycles. The molecule has 2 saturated heterocycles. The van der Waals surface area contributed by atoms with Gasteiger partial charge in [-0.05, 0) is 61.7 Å². The van der Waals surface area contributed by atoms with E-state index in [1.807, 2.05) is 0 Å². The van der Waals surface area contributed by atoms with Crippen molar-refractivity contribution in [1.82, 2.24) is 14.7 Å². The molecule has 5 nitrogen and oxygen atoms in total. The highest BCUT2D eigenvalue weighted by atomic mass is 35.5. The molecule has 41 heavy (non-hydrogen) atoms. The normalized spacial score (nSPS) is 18.8. The molecule has 1 atom stereocenters. The van der Waals surface area contributed by atoms with Crippen LogP contribution < -0.4 is 0 Å². The minimum absolute atomic E-state index is 0.00164. The molecule has 0 bridgehead atoms. The summed E-state index contributed by atoms with van der Waals surface area (Å²) in [5.41, 5.74) is -3.03. The second-order valence-corrected chi connectivity index (χ2v) is 11.6. The Morgan fingerprint density at radius 3 is 2.10 bits per heavy atom. The lowest BCUT2D eigenvalue weighted by Gasteiger charge is -2.47. The monoisotopic (exact) mass is 625 g/mol. The van der Waals surface area contributed by atoms with Gasteiger partial charge in [-0.25, -0.2) is 0 Å². The Balaban J connectivity index is 1.47. The summed E-state index contributed by atoms with van der Waals surface area (Å²) in [6, 6.07) is 6.32. The molecule has 1 amide bonds. The standard InChI is InChI=1S/C28H31Cl2F6N3O2/c1-37(26(41)19-10-20(27(31,32)33)13-21(11-19)28(34,35)36)14-18(17-2-3-24(29)25(30)12-17)4-7-38-15-22(16-38)39-8-5-23(40)6-9-39/h2-3,10-13,18,22-23,40H,4-9,14-16H2,1H3. The number of nitrogens with zero attached hydrogens (tertiary/aromatic N) is 3. The zero-order valence-electron chi connectivity index (χ0n) is 22.3. The number of amides is 1. The first-order chi connectivity index (χ1) is 19.1. The predicted molar refractivity (Wildman–Crippen MR) is 144 cm³/mol. The lowest BCUT2D eigenvalue weighted by Crippen LogP contribution is -2.61. The third-order valence-corrected chi connectivity index (χ3v) is 8.58. The number of aliphatic hydroxyl groups is 1. The molecule has 0 radical (unpaired) electrons. The van der Waals surface area contributed by atoms with Crippen molar-refractivity contribution in [3.8, 4) is 0 Å². The summed E-state index contributed by atoms with van der Waals surface area (Å²) in [7, 11) is 1.35. The quantitative estimate of drug-likeness (QED) is 0.344. The van der Waals surface area contributed by atoms with E-state index in [1.54, 1.807) is 18.2 Å². The van der Waals surface area contributed by atoms with E-state index in [0.717, 1.165) is 49.5 Å². The van der Waals surface area contributed by atoms with E-state index in [1.165, 1.54) is 7.05 Å². The Morgan fingerprint density at radius 1 is 0.976 bits per heavy atom. The van der Waals surface area contributed by atoms with Gasteiger partial charge in [-0.3, -0.25) is 9.69 Å². The predicted octanol–water partition coefficient (Wildman–Crippen LogP) is 6.42. The lowest BCUT2D eigenvalue weighted by atomic mass is 9.93. The van der Waals surface area contributed by atoms with E-state index in [4.69, 9.17) is 23.2 Å². The zero-order chi connectivity index (χ0) is 30.1. The SMILES string of the molecule is CN(CC(CCN1CC(N2CCC(O)CC2)C1)c1ccc(Cl)c(Cl)c1)C(=O)c1cc(C(F)(F)F)cc(C(F)(F)F)c1. The maximum absolute atomic E-state index is 13.3. The topological polar surface area (TPSA) is 47.0 Å². The van der Waals surface area contributed by atoms with Gasteiger partial charge in [0.05, 0.1) is 27.3 Å². The fourth-order valence-electron chi connectivity index (χ4n) is 5.39. The van der Waals surface area contributed by atoms with Crippen LogP contribution in [0, 0.1) is 0 Å². The smallest absolute Gasteiger partial charge is 0.393 e. The van der Waals surface area contributed by atoms with Crippen molar-refractivity contribution in [1.29, 1.82) is 0 Å². The minimum atomic E-state index is -5.06. The third-order valence-electron chi connectivity index (χ3n) is 7.84. The highest BCUT2D eigenvalue weighted by Crippen LogP contribution is 2.37. The first-order valence-corrected chi connectivity index (χ1v) is 14.0. The van der Waals surface area contributed by atoms with Gasteiger partial charge in [0.2, 0.25) is 0 Å². The van der Waals surface area contributed by atoms with Crippen LogP contribution in [0.25, 0.3) is 0 Å². The van der Waals surface area contributed by atoms with Gasteiger partial charge in [-0.2, -0.15) is 26.3 Å². The van der Waals surface area contributed by atoms with E-state index >= 15 is 0 Å². The molecule has 1 unspecified atom stereocenters. The molecule has 2 aliphatic heterocycles. The van der Waals surface area contributed by atoms with Crippen LogP contribution in [0.4, 0.5) is 26.3 Å². The largest absolute Gasteiger partial charge is 0.416 e. The summed E-state index contributed by atoms with van der Waals surface area (Å²) < 4.78 is 80.1. The number of likely N-dealkylation sites (tertiary alicyclic amines) is 2. The van der Waals surface area contributed by atoms with Crippen LogP contribution in [0.15, 0.2) is 36.4 Å². The van der Waals surface area contributed by atoms with Crippen LogP contribution in [0.5, 0.6) is 0 Å². The Hall–Kier alpha value is -2.05. The Kier molecular flexibility index (Phi) is 9.85. The van der Waals surface area contributed by atoms with Crippen molar-refractivity contribution in [3.05, 3.63) is 68.7 Å². The number of hydrogen-bond donors (Lipinski definition) is 1. The van der Waals surface area contributed by atoms with E-state index in [0.29, 0.717) is 41.2 Å². The molecule has 0 saturated carbocycles. The number of benzene rings is 2. The number of likely N-dealkylation sites (N-methyl/N-ethyl adjacent to an activating group) is 1. The Morgan fingerprint density at radius 2 is 1.56 bits per heavy atom. The maximum Gasteiger partial charge on any atom is 0.416 e. The number of aliphatic hydroxyl groups excluding tert-OH is 1. The highest BCUT2D eigenvalue weighted by Gasteiger charge is 2.38. The maximum atomic E-state index is 13.3. The molecule has 226 valence electrons. The van der Waals surface area contributed by atoms with E-state index in [2.05, 4.69) is 9.80 Å². The number of halogens is 8. The summed E-state index contributed by atoms with van der Waals surface area (Å²) in [5, 5.41) is 10.4. The number of carbonyl (C=O) groups excluding carboxylic acids is 1. The highest BCUT2D eigenvalue weighted by molar-refractivity contribution is 6.42. The van der Waals surface area contributed by atoms with Crippen LogP contribution in [-0.4, -0.2) is 84.2 Å². The Labute approximate surface area is 244 Å². The van der Waals surface area contributed by atoms with Crippen molar-refractivity contribution in [2.45, 2.75) is 49.7 Å². The van der Waals surface area contributed by atoms with Crippen molar-refractivity contribution in [3.63, 3.8) is 0 Å². The first kappa shape index (κ1) is 31.9. The second-order valence-electron chi connectivity index (χ2n) is 10.8. The summed E-state index contributed by atoms with van der Waals surface area (Å²) >= 11 is 12.3. The second kappa shape index (κ2) is 12.7. The zero-order valence-corrected chi connectivity index (χ0v) is 23.8. The van der Waals surface area contributed by atoms with Crippen molar-refractivity contribution < 1.29 is 36.2 Å². The summed E-state index contributed by atoms with van der Waals surface area (Å²) in [5.74, 6) is -1.27. The number of hydrogen-bond acceptors (Lipinski definition) is 4. The summed E-state index contributed by atoms with van der Waals surface area (Å²) in [6.45, 7) is 4.11. The van der Waals surface area contributed by atoms with E-state index < -0.39 is 35.0 Å².